The monoisotopic (exact) mass is 276 g/mol. The van der Waals surface area contributed by atoms with E-state index in [2.05, 4.69) is 35.4 Å². The van der Waals surface area contributed by atoms with Gasteiger partial charge in [-0.15, -0.1) is 11.3 Å². The van der Waals surface area contributed by atoms with Gasteiger partial charge >= 0.3 is 0 Å². The minimum absolute atomic E-state index is 0.479. The third-order valence-electron chi connectivity index (χ3n) is 4.10. The van der Waals surface area contributed by atoms with Crippen molar-refractivity contribution in [2.24, 2.45) is 0 Å². The molecule has 0 aromatic carbocycles. The van der Waals surface area contributed by atoms with Crippen molar-refractivity contribution >= 4 is 11.3 Å². The van der Waals surface area contributed by atoms with Crippen LogP contribution in [-0.4, -0.2) is 16.6 Å². The van der Waals surface area contributed by atoms with Gasteiger partial charge in [-0.05, 0) is 57.2 Å². The second-order valence-corrected chi connectivity index (χ2v) is 6.39. The van der Waals surface area contributed by atoms with Crippen LogP contribution in [0.5, 0.6) is 0 Å². The highest BCUT2D eigenvalue weighted by molar-refractivity contribution is 7.10. The summed E-state index contributed by atoms with van der Waals surface area (Å²) >= 11 is 1.86. The number of rotatable bonds is 3. The lowest BCUT2D eigenvalue weighted by atomic mass is 10.0. The van der Waals surface area contributed by atoms with Crippen LogP contribution >= 0.6 is 11.3 Å². The van der Waals surface area contributed by atoms with E-state index in [-0.39, 0.29) is 0 Å². The molecular weight excluding hydrogens is 256 g/mol. The molecule has 1 saturated heterocycles. The Morgan fingerprint density at radius 3 is 2.89 bits per heavy atom. The minimum Gasteiger partial charge on any atom is -0.361 e. The zero-order chi connectivity index (χ0) is 13.4. The number of likely N-dealkylation sites (tertiary alicyclic amines) is 1. The van der Waals surface area contributed by atoms with E-state index in [1.807, 2.05) is 18.3 Å². The minimum atomic E-state index is 0.479. The molecule has 102 valence electrons. The third kappa shape index (κ3) is 2.35. The van der Waals surface area contributed by atoms with Gasteiger partial charge in [0.25, 0.3) is 0 Å². The molecule has 0 radical (unpaired) electrons. The number of hydrogen-bond acceptors (Lipinski definition) is 4. The van der Waals surface area contributed by atoms with Crippen LogP contribution in [0.25, 0.3) is 0 Å². The van der Waals surface area contributed by atoms with Gasteiger partial charge < -0.3 is 4.52 Å². The lowest BCUT2D eigenvalue weighted by molar-refractivity contribution is 0.247. The first-order valence-electron chi connectivity index (χ1n) is 6.86. The van der Waals surface area contributed by atoms with Gasteiger partial charge in [-0.1, -0.05) is 5.16 Å². The van der Waals surface area contributed by atoms with Gasteiger partial charge in [0.2, 0.25) is 0 Å². The Labute approximate surface area is 118 Å². The summed E-state index contributed by atoms with van der Waals surface area (Å²) in [7, 11) is 0. The van der Waals surface area contributed by atoms with Crippen LogP contribution in [-0.2, 0) is 6.54 Å². The Balaban J connectivity index is 1.84. The Kier molecular flexibility index (Phi) is 3.46. The second kappa shape index (κ2) is 5.10. The molecule has 3 rings (SSSR count). The van der Waals surface area contributed by atoms with Gasteiger partial charge in [0.05, 0.1) is 5.69 Å². The number of nitrogens with zero attached hydrogens (tertiary/aromatic N) is 2. The van der Waals surface area contributed by atoms with Crippen LogP contribution in [0, 0.1) is 20.8 Å². The van der Waals surface area contributed by atoms with Crippen molar-refractivity contribution in [2.45, 2.75) is 46.2 Å². The Bertz CT molecular complexity index is 553. The van der Waals surface area contributed by atoms with E-state index in [4.69, 9.17) is 4.52 Å². The molecule has 0 saturated carbocycles. The van der Waals surface area contributed by atoms with E-state index in [0.29, 0.717) is 6.04 Å². The fourth-order valence-corrected chi connectivity index (χ4v) is 3.99. The zero-order valence-corrected chi connectivity index (χ0v) is 12.6. The van der Waals surface area contributed by atoms with Gasteiger partial charge in [0.1, 0.15) is 5.76 Å². The van der Waals surface area contributed by atoms with E-state index < -0.39 is 0 Å². The van der Waals surface area contributed by atoms with E-state index in [1.54, 1.807) is 0 Å². The molecule has 0 amide bonds. The van der Waals surface area contributed by atoms with Crippen molar-refractivity contribution in [3.63, 3.8) is 0 Å². The summed E-state index contributed by atoms with van der Waals surface area (Å²) in [5, 5.41) is 6.30. The average Bonchev–Trinajstić information content (AvgIpc) is 3.05. The van der Waals surface area contributed by atoms with Gasteiger partial charge in [-0.25, -0.2) is 0 Å². The maximum absolute atomic E-state index is 5.34. The van der Waals surface area contributed by atoms with Crippen molar-refractivity contribution in [1.29, 1.82) is 0 Å². The quantitative estimate of drug-likeness (QED) is 0.848. The highest BCUT2D eigenvalue weighted by Crippen LogP contribution is 2.37. The molecular formula is C15H20N2OS. The van der Waals surface area contributed by atoms with Gasteiger partial charge in [-0.2, -0.15) is 0 Å². The first-order chi connectivity index (χ1) is 9.16. The van der Waals surface area contributed by atoms with Crippen molar-refractivity contribution in [2.75, 3.05) is 6.54 Å². The smallest absolute Gasteiger partial charge is 0.138 e. The summed E-state index contributed by atoms with van der Waals surface area (Å²) < 4.78 is 5.34. The fraction of sp³-hybridized carbons (Fsp3) is 0.533. The van der Waals surface area contributed by atoms with Crippen LogP contribution in [0.15, 0.2) is 16.0 Å². The molecule has 4 heteroatoms. The number of aromatic nitrogens is 1. The highest BCUT2D eigenvalue weighted by Gasteiger charge is 2.30. The Hall–Kier alpha value is -1.13. The fourth-order valence-electron chi connectivity index (χ4n) is 3.06. The molecule has 0 bridgehead atoms. The van der Waals surface area contributed by atoms with Crippen LogP contribution in [0.3, 0.4) is 0 Å². The lowest BCUT2D eigenvalue weighted by Gasteiger charge is -2.24. The molecule has 2 aromatic rings. The maximum Gasteiger partial charge on any atom is 0.138 e. The Morgan fingerprint density at radius 2 is 2.26 bits per heavy atom. The summed E-state index contributed by atoms with van der Waals surface area (Å²) in [6, 6.07) is 2.69. The molecule has 2 aromatic heterocycles. The summed E-state index contributed by atoms with van der Waals surface area (Å²) in [5.74, 6) is 0.984. The molecule has 0 N–H and O–H groups in total. The first-order valence-corrected chi connectivity index (χ1v) is 7.74. The molecule has 1 atom stereocenters. The van der Waals surface area contributed by atoms with Gasteiger partial charge in [-0.3, -0.25) is 4.90 Å². The SMILES string of the molecule is Cc1ccsc1CN1CCC[C@@H]1c1c(C)noc1C. The molecule has 0 spiro atoms. The van der Waals surface area contributed by atoms with Crippen molar-refractivity contribution in [3.05, 3.63) is 38.9 Å². The van der Waals surface area contributed by atoms with E-state index in [0.717, 1.165) is 18.0 Å². The average molecular weight is 276 g/mol. The highest BCUT2D eigenvalue weighted by atomic mass is 32.1. The predicted molar refractivity (Wildman–Crippen MR) is 77.4 cm³/mol. The molecule has 1 fully saturated rings. The van der Waals surface area contributed by atoms with Crippen LogP contribution < -0.4 is 0 Å². The zero-order valence-electron chi connectivity index (χ0n) is 11.8. The Morgan fingerprint density at radius 1 is 1.42 bits per heavy atom. The first kappa shape index (κ1) is 12.9. The maximum atomic E-state index is 5.34. The molecule has 3 heterocycles. The number of hydrogen-bond donors (Lipinski definition) is 0. The van der Waals surface area contributed by atoms with E-state index in [1.165, 1.54) is 35.4 Å². The summed E-state index contributed by atoms with van der Waals surface area (Å²) in [5.41, 5.74) is 3.78. The molecule has 3 nitrogen and oxygen atoms in total. The number of thiophene rings is 1. The summed E-state index contributed by atoms with van der Waals surface area (Å²) in [4.78, 5) is 4.06. The predicted octanol–water partition coefficient (Wildman–Crippen LogP) is 4.00. The molecule has 0 unspecified atom stereocenters. The molecule has 1 aliphatic heterocycles. The number of aryl methyl sites for hydroxylation is 3. The largest absolute Gasteiger partial charge is 0.361 e. The van der Waals surface area contributed by atoms with Crippen LogP contribution in [0.4, 0.5) is 0 Å². The van der Waals surface area contributed by atoms with E-state index in [9.17, 15) is 0 Å². The van der Waals surface area contributed by atoms with Gasteiger partial charge in [0.15, 0.2) is 0 Å². The van der Waals surface area contributed by atoms with Crippen molar-refractivity contribution in [1.82, 2.24) is 10.1 Å². The normalized spacial score (nSPS) is 20.3. The van der Waals surface area contributed by atoms with Gasteiger partial charge in [0, 0.05) is 23.0 Å². The summed E-state index contributed by atoms with van der Waals surface area (Å²) in [6.45, 7) is 8.51. The van der Waals surface area contributed by atoms with Crippen molar-refractivity contribution < 1.29 is 4.52 Å². The molecule has 19 heavy (non-hydrogen) atoms. The van der Waals surface area contributed by atoms with E-state index >= 15 is 0 Å². The lowest BCUT2D eigenvalue weighted by Crippen LogP contribution is -2.23. The molecule has 0 aliphatic carbocycles. The third-order valence-corrected chi connectivity index (χ3v) is 5.11. The van der Waals surface area contributed by atoms with Crippen LogP contribution in [0.2, 0.25) is 0 Å². The summed E-state index contributed by atoms with van der Waals surface area (Å²) in [6.07, 6.45) is 2.48. The second-order valence-electron chi connectivity index (χ2n) is 5.39. The van der Waals surface area contributed by atoms with Crippen LogP contribution in [0.1, 0.15) is 46.3 Å². The standard InChI is InChI=1S/C15H20N2OS/c1-10-6-8-19-14(10)9-17-7-4-5-13(17)15-11(2)16-18-12(15)3/h6,8,13H,4-5,7,9H2,1-3H3/t13-/m1/s1. The topological polar surface area (TPSA) is 29.3 Å². The van der Waals surface area contributed by atoms with Crippen molar-refractivity contribution in [3.8, 4) is 0 Å². The molecule has 1 aliphatic rings.